The minimum atomic E-state index is -0.911. The maximum absolute atomic E-state index is 10.8. The second-order valence-electron chi connectivity index (χ2n) is 7.71. The topological polar surface area (TPSA) is 85.8 Å². The average Bonchev–Trinajstić information content (AvgIpc) is 2.65. The third-order valence-corrected chi connectivity index (χ3v) is 4.40. The van der Waals surface area contributed by atoms with Crippen LogP contribution in [0.15, 0.2) is 71.4 Å². The molecule has 4 N–H and O–H groups in total. The number of rotatable bonds is 7. The second-order valence-corrected chi connectivity index (χ2v) is 7.71. The van der Waals surface area contributed by atoms with Crippen molar-refractivity contribution in [3.63, 3.8) is 0 Å². The molecule has 0 saturated heterocycles. The molecule has 0 heterocycles. The Morgan fingerprint density at radius 3 is 2.21 bits per heavy atom. The Morgan fingerprint density at radius 2 is 1.57 bits per heavy atom. The van der Waals surface area contributed by atoms with Crippen LogP contribution in [0.2, 0.25) is 0 Å². The summed E-state index contributed by atoms with van der Waals surface area (Å²) >= 11 is 0. The number of aliphatic carboxylic acids is 1. The third kappa shape index (κ3) is 5.87. The van der Waals surface area contributed by atoms with E-state index in [1.807, 2.05) is 60.7 Å². The van der Waals surface area contributed by atoms with Gasteiger partial charge in [-0.3, -0.25) is 9.79 Å². The van der Waals surface area contributed by atoms with Gasteiger partial charge in [-0.1, -0.05) is 32.0 Å². The molecule has 2 aromatic carbocycles. The number of carboxylic acid groups (broad SMARTS) is 1. The van der Waals surface area contributed by atoms with E-state index >= 15 is 0 Å². The number of allylic oxidation sites excluding steroid dienone is 2. The van der Waals surface area contributed by atoms with Crippen LogP contribution in [-0.2, 0) is 4.79 Å². The van der Waals surface area contributed by atoms with Gasteiger partial charge in [0, 0.05) is 17.1 Å². The SMILES string of the molecule is CC1(C)CC(Nc2ccc(NNc3ccccc3)cc2)=CC(=NCC(=O)O)C1. The number of carbonyl (C=O) groups is 1. The minimum Gasteiger partial charge on any atom is -0.480 e. The summed E-state index contributed by atoms with van der Waals surface area (Å²) in [6.45, 7) is 4.14. The highest BCUT2D eigenvalue weighted by Gasteiger charge is 2.26. The highest BCUT2D eigenvalue weighted by atomic mass is 16.4. The molecule has 2 aromatic rings. The van der Waals surface area contributed by atoms with Gasteiger partial charge in [-0.05, 0) is 60.7 Å². The zero-order valence-electron chi connectivity index (χ0n) is 16.2. The first-order chi connectivity index (χ1) is 13.4. The number of hydrogen-bond donors (Lipinski definition) is 4. The molecule has 0 unspecified atom stereocenters. The van der Waals surface area contributed by atoms with Crippen molar-refractivity contribution < 1.29 is 9.90 Å². The van der Waals surface area contributed by atoms with Crippen molar-refractivity contribution in [3.05, 3.63) is 66.4 Å². The van der Waals surface area contributed by atoms with Crippen LogP contribution < -0.4 is 16.2 Å². The van der Waals surface area contributed by atoms with Crippen molar-refractivity contribution in [1.82, 2.24) is 0 Å². The molecule has 0 aromatic heterocycles. The maximum atomic E-state index is 10.8. The first-order valence-electron chi connectivity index (χ1n) is 9.29. The summed E-state index contributed by atoms with van der Waals surface area (Å²) in [5, 5.41) is 12.3. The van der Waals surface area contributed by atoms with Crippen molar-refractivity contribution in [2.24, 2.45) is 10.4 Å². The molecule has 1 aliphatic rings. The number of carboxylic acids is 1. The van der Waals surface area contributed by atoms with Crippen LogP contribution in [0.1, 0.15) is 26.7 Å². The van der Waals surface area contributed by atoms with Crippen molar-refractivity contribution in [3.8, 4) is 0 Å². The van der Waals surface area contributed by atoms with Crippen LogP contribution in [0.25, 0.3) is 0 Å². The Morgan fingerprint density at radius 1 is 0.964 bits per heavy atom. The quantitative estimate of drug-likeness (QED) is 0.522. The van der Waals surface area contributed by atoms with Crippen molar-refractivity contribution >= 4 is 28.7 Å². The van der Waals surface area contributed by atoms with E-state index in [0.717, 1.165) is 41.3 Å². The van der Waals surface area contributed by atoms with Crippen LogP contribution >= 0.6 is 0 Å². The van der Waals surface area contributed by atoms with Crippen LogP contribution in [0, 0.1) is 5.41 Å². The van der Waals surface area contributed by atoms with Gasteiger partial charge in [-0.25, -0.2) is 0 Å². The van der Waals surface area contributed by atoms with Crippen molar-refractivity contribution in [2.45, 2.75) is 26.7 Å². The van der Waals surface area contributed by atoms with Gasteiger partial charge in [0.25, 0.3) is 0 Å². The van der Waals surface area contributed by atoms with E-state index in [4.69, 9.17) is 5.11 Å². The minimum absolute atomic E-state index is 0.0372. The largest absolute Gasteiger partial charge is 0.480 e. The lowest BCUT2D eigenvalue weighted by Gasteiger charge is -2.31. The van der Waals surface area contributed by atoms with Gasteiger partial charge < -0.3 is 21.3 Å². The van der Waals surface area contributed by atoms with E-state index in [0.29, 0.717) is 0 Å². The van der Waals surface area contributed by atoms with Crippen LogP contribution in [0.4, 0.5) is 17.1 Å². The molecule has 6 heteroatoms. The monoisotopic (exact) mass is 378 g/mol. The summed E-state index contributed by atoms with van der Waals surface area (Å²) in [5.41, 5.74) is 11.2. The Balaban J connectivity index is 1.63. The lowest BCUT2D eigenvalue weighted by Crippen LogP contribution is -2.25. The molecular formula is C22H26N4O2. The lowest BCUT2D eigenvalue weighted by atomic mass is 9.78. The molecular weight excluding hydrogens is 352 g/mol. The zero-order chi connectivity index (χ0) is 20.0. The summed E-state index contributed by atoms with van der Waals surface area (Å²) in [5.74, 6) is -0.911. The Bertz CT molecular complexity index is 871. The number of aliphatic imine (C=N–C) groups is 1. The van der Waals surface area contributed by atoms with Crippen molar-refractivity contribution in [1.29, 1.82) is 0 Å². The smallest absolute Gasteiger partial charge is 0.325 e. The number of hydrogen-bond acceptors (Lipinski definition) is 5. The van der Waals surface area contributed by atoms with Gasteiger partial charge in [-0.2, -0.15) is 0 Å². The van der Waals surface area contributed by atoms with Crippen LogP contribution in [0.3, 0.4) is 0 Å². The molecule has 28 heavy (non-hydrogen) atoms. The molecule has 0 aliphatic heterocycles. The second kappa shape index (κ2) is 8.61. The Hall–Kier alpha value is -3.28. The van der Waals surface area contributed by atoms with Crippen LogP contribution in [0.5, 0.6) is 0 Å². The molecule has 0 amide bonds. The number of nitrogens with zero attached hydrogens (tertiary/aromatic N) is 1. The van der Waals surface area contributed by atoms with Crippen LogP contribution in [-0.4, -0.2) is 23.3 Å². The standard InChI is InChI=1S/C22H26N4O2/c1-22(2)13-19(23-15-21(27)28)12-20(14-22)24-16-8-10-18(11-9-16)26-25-17-6-4-3-5-7-17/h3-12,24-26H,13-15H2,1-2H3,(H,27,28). The molecule has 1 aliphatic carbocycles. The third-order valence-electron chi connectivity index (χ3n) is 4.40. The fraction of sp³-hybridized carbons (Fsp3) is 0.273. The number of hydrazine groups is 1. The molecule has 0 bridgehead atoms. The molecule has 0 radical (unpaired) electrons. The van der Waals surface area contributed by atoms with E-state index in [-0.39, 0.29) is 12.0 Å². The fourth-order valence-corrected chi connectivity index (χ4v) is 3.21. The van der Waals surface area contributed by atoms with E-state index in [9.17, 15) is 4.79 Å². The van der Waals surface area contributed by atoms with Gasteiger partial charge in [0.15, 0.2) is 0 Å². The summed E-state index contributed by atoms with van der Waals surface area (Å²) in [6.07, 6.45) is 3.63. The highest BCUT2D eigenvalue weighted by Crippen LogP contribution is 2.34. The van der Waals surface area contributed by atoms with Crippen molar-refractivity contribution in [2.75, 3.05) is 22.7 Å². The van der Waals surface area contributed by atoms with Gasteiger partial charge in [0.2, 0.25) is 0 Å². The molecule has 146 valence electrons. The van der Waals surface area contributed by atoms with Gasteiger partial charge in [0.05, 0.1) is 11.4 Å². The Labute approximate surface area is 165 Å². The lowest BCUT2D eigenvalue weighted by molar-refractivity contribution is -0.135. The fourth-order valence-electron chi connectivity index (χ4n) is 3.21. The van der Waals surface area contributed by atoms with Gasteiger partial charge in [-0.15, -0.1) is 0 Å². The van der Waals surface area contributed by atoms with E-state index in [1.165, 1.54) is 0 Å². The summed E-state index contributed by atoms with van der Waals surface area (Å²) in [7, 11) is 0. The zero-order valence-corrected chi connectivity index (χ0v) is 16.2. The first kappa shape index (κ1) is 19.5. The number of nitrogens with one attached hydrogen (secondary N) is 3. The summed E-state index contributed by atoms with van der Waals surface area (Å²) in [4.78, 5) is 15.0. The maximum Gasteiger partial charge on any atom is 0.325 e. The predicted molar refractivity (Wildman–Crippen MR) is 115 cm³/mol. The average molecular weight is 378 g/mol. The molecule has 6 nitrogen and oxygen atoms in total. The normalized spacial score (nSPS) is 16.9. The van der Waals surface area contributed by atoms with E-state index < -0.39 is 5.97 Å². The molecule has 0 atom stereocenters. The molecule has 3 rings (SSSR count). The van der Waals surface area contributed by atoms with E-state index in [1.54, 1.807) is 0 Å². The molecule has 0 fully saturated rings. The van der Waals surface area contributed by atoms with Gasteiger partial charge in [0.1, 0.15) is 6.54 Å². The molecule has 0 spiro atoms. The number of anilines is 3. The van der Waals surface area contributed by atoms with Gasteiger partial charge >= 0.3 is 5.97 Å². The molecule has 0 saturated carbocycles. The highest BCUT2D eigenvalue weighted by molar-refractivity contribution is 5.98. The number of para-hydroxylation sites is 1. The number of benzene rings is 2. The summed E-state index contributed by atoms with van der Waals surface area (Å²) < 4.78 is 0. The Kier molecular flexibility index (Phi) is 5.99. The first-order valence-corrected chi connectivity index (χ1v) is 9.29. The predicted octanol–water partition coefficient (Wildman–Crippen LogP) is 4.77. The summed E-state index contributed by atoms with van der Waals surface area (Å²) in [6, 6.07) is 17.9. The van der Waals surface area contributed by atoms with E-state index in [2.05, 4.69) is 35.0 Å².